The number of carbonyl (C=O) groups excluding carboxylic acids is 1. The summed E-state index contributed by atoms with van der Waals surface area (Å²) >= 11 is 0. The third kappa shape index (κ3) is 4.09. The molecule has 1 unspecified atom stereocenters. The first-order valence-electron chi connectivity index (χ1n) is 8.46. The third-order valence-electron chi connectivity index (χ3n) is 3.87. The zero-order chi connectivity index (χ0) is 16.8. The lowest BCUT2D eigenvalue weighted by Crippen LogP contribution is -2.28. The molecule has 1 heterocycles. The number of carbonyl (C=O) groups is 1. The van der Waals surface area contributed by atoms with Gasteiger partial charge in [-0.1, -0.05) is 6.92 Å². The Morgan fingerprint density at radius 3 is 2.09 bits per heavy atom. The summed E-state index contributed by atoms with van der Waals surface area (Å²) in [6, 6.07) is 3.53. The second-order valence-corrected chi connectivity index (χ2v) is 5.75. The number of rotatable bonds is 7. The summed E-state index contributed by atoms with van der Waals surface area (Å²) in [4.78, 5) is 14.6. The van der Waals surface area contributed by atoms with Crippen LogP contribution in [0.2, 0.25) is 0 Å². The van der Waals surface area contributed by atoms with Crippen LogP contribution in [-0.2, 0) is 0 Å². The number of hydrogen-bond donors (Lipinski definition) is 0. The van der Waals surface area contributed by atoms with Crippen molar-refractivity contribution in [3.63, 3.8) is 0 Å². The molecule has 23 heavy (non-hydrogen) atoms. The molecule has 0 bridgehead atoms. The molecule has 1 fully saturated rings. The molecular weight excluding hydrogens is 294 g/mol. The summed E-state index contributed by atoms with van der Waals surface area (Å²) in [5.41, 5.74) is 0.592. The summed E-state index contributed by atoms with van der Waals surface area (Å²) in [6.07, 6.45) is 1.05. The molecule has 0 aromatic heterocycles. The molecule has 2 rings (SSSR count). The normalized spacial score (nSPS) is 17.2. The van der Waals surface area contributed by atoms with E-state index in [1.807, 2.05) is 25.7 Å². The van der Waals surface area contributed by atoms with Crippen molar-refractivity contribution in [1.82, 2.24) is 4.90 Å². The van der Waals surface area contributed by atoms with Gasteiger partial charge in [-0.3, -0.25) is 4.79 Å². The molecule has 0 radical (unpaired) electrons. The van der Waals surface area contributed by atoms with E-state index in [1.54, 1.807) is 12.1 Å². The zero-order valence-corrected chi connectivity index (χ0v) is 14.6. The topological polar surface area (TPSA) is 48.0 Å². The van der Waals surface area contributed by atoms with Gasteiger partial charge in [0.15, 0.2) is 11.5 Å². The fourth-order valence-electron chi connectivity index (χ4n) is 2.81. The van der Waals surface area contributed by atoms with E-state index in [9.17, 15) is 4.79 Å². The van der Waals surface area contributed by atoms with Crippen molar-refractivity contribution in [2.75, 3.05) is 32.9 Å². The number of nitrogens with zero attached hydrogens (tertiary/aromatic N) is 1. The Morgan fingerprint density at radius 1 is 1.09 bits per heavy atom. The summed E-state index contributed by atoms with van der Waals surface area (Å²) in [5.74, 6) is 2.29. The smallest absolute Gasteiger partial charge is 0.254 e. The van der Waals surface area contributed by atoms with Crippen LogP contribution in [0.15, 0.2) is 12.1 Å². The summed E-state index contributed by atoms with van der Waals surface area (Å²) in [6.45, 7) is 11.0. The van der Waals surface area contributed by atoms with Gasteiger partial charge in [0.05, 0.1) is 19.8 Å². The van der Waals surface area contributed by atoms with Gasteiger partial charge >= 0.3 is 0 Å². The number of benzene rings is 1. The first-order chi connectivity index (χ1) is 11.1. The Kier molecular flexibility index (Phi) is 6.13. The average molecular weight is 321 g/mol. The number of amides is 1. The van der Waals surface area contributed by atoms with Gasteiger partial charge in [-0.2, -0.15) is 0 Å². The maximum absolute atomic E-state index is 12.7. The predicted molar refractivity (Wildman–Crippen MR) is 89.6 cm³/mol. The molecule has 0 saturated carbocycles. The van der Waals surface area contributed by atoms with Crippen molar-refractivity contribution in [2.45, 2.75) is 34.1 Å². The number of hydrogen-bond acceptors (Lipinski definition) is 4. The minimum absolute atomic E-state index is 0.0271. The highest BCUT2D eigenvalue weighted by atomic mass is 16.5. The second kappa shape index (κ2) is 8.09. The first-order valence-corrected chi connectivity index (χ1v) is 8.46. The zero-order valence-electron chi connectivity index (χ0n) is 14.6. The quantitative estimate of drug-likeness (QED) is 0.772. The van der Waals surface area contributed by atoms with Gasteiger partial charge in [0.1, 0.15) is 0 Å². The minimum atomic E-state index is 0.0271. The van der Waals surface area contributed by atoms with Crippen molar-refractivity contribution in [1.29, 1.82) is 0 Å². The largest absolute Gasteiger partial charge is 0.490 e. The van der Waals surface area contributed by atoms with Crippen molar-refractivity contribution in [3.05, 3.63) is 17.7 Å². The van der Waals surface area contributed by atoms with Gasteiger partial charge in [0, 0.05) is 18.7 Å². The van der Waals surface area contributed by atoms with Crippen LogP contribution in [0.5, 0.6) is 17.2 Å². The van der Waals surface area contributed by atoms with Gasteiger partial charge in [-0.05, 0) is 45.2 Å². The Morgan fingerprint density at radius 2 is 1.65 bits per heavy atom. The molecule has 1 saturated heterocycles. The highest BCUT2D eigenvalue weighted by molar-refractivity contribution is 5.95. The van der Waals surface area contributed by atoms with Gasteiger partial charge in [0.2, 0.25) is 5.75 Å². The van der Waals surface area contributed by atoms with Crippen LogP contribution in [0.25, 0.3) is 0 Å². The lowest BCUT2D eigenvalue weighted by molar-refractivity contribution is 0.0787. The maximum atomic E-state index is 12.7. The molecule has 1 aliphatic heterocycles. The lowest BCUT2D eigenvalue weighted by Gasteiger charge is -2.20. The van der Waals surface area contributed by atoms with E-state index >= 15 is 0 Å². The van der Waals surface area contributed by atoms with Gasteiger partial charge in [-0.15, -0.1) is 0 Å². The monoisotopic (exact) mass is 321 g/mol. The Balaban J connectivity index is 2.37. The van der Waals surface area contributed by atoms with Gasteiger partial charge in [0.25, 0.3) is 5.91 Å². The molecular formula is C18H27NO4. The first kappa shape index (κ1) is 17.4. The van der Waals surface area contributed by atoms with Gasteiger partial charge < -0.3 is 19.1 Å². The van der Waals surface area contributed by atoms with E-state index in [0.29, 0.717) is 48.6 Å². The van der Waals surface area contributed by atoms with Gasteiger partial charge in [-0.25, -0.2) is 0 Å². The van der Waals surface area contributed by atoms with E-state index in [2.05, 4.69) is 6.92 Å². The molecule has 1 aliphatic rings. The SMILES string of the molecule is CCOc1cc(C(=O)N2CCC(C)C2)cc(OCC)c1OCC. The van der Waals surface area contributed by atoms with Crippen LogP contribution < -0.4 is 14.2 Å². The molecule has 0 N–H and O–H groups in total. The Labute approximate surface area is 138 Å². The molecule has 1 aromatic rings. The van der Waals surface area contributed by atoms with Crippen molar-refractivity contribution < 1.29 is 19.0 Å². The molecule has 0 spiro atoms. The molecule has 5 nitrogen and oxygen atoms in total. The molecule has 1 aromatic carbocycles. The third-order valence-corrected chi connectivity index (χ3v) is 3.87. The standard InChI is InChI=1S/C18H27NO4/c1-5-21-15-10-14(18(20)19-9-8-13(4)12-19)11-16(22-6-2)17(15)23-7-3/h10-11,13H,5-9,12H2,1-4H3. The fraction of sp³-hybridized carbons (Fsp3) is 0.611. The summed E-state index contributed by atoms with van der Waals surface area (Å²) in [5, 5.41) is 0. The van der Waals surface area contributed by atoms with E-state index < -0.39 is 0 Å². The lowest BCUT2D eigenvalue weighted by atomic mass is 10.1. The predicted octanol–water partition coefficient (Wildman–Crippen LogP) is 3.36. The van der Waals surface area contributed by atoms with Crippen molar-refractivity contribution in [3.8, 4) is 17.2 Å². The van der Waals surface area contributed by atoms with Crippen molar-refractivity contribution >= 4 is 5.91 Å². The highest BCUT2D eigenvalue weighted by Crippen LogP contribution is 2.39. The van der Waals surface area contributed by atoms with Crippen LogP contribution >= 0.6 is 0 Å². The van der Waals surface area contributed by atoms with Crippen LogP contribution in [0.4, 0.5) is 0 Å². The number of likely N-dealkylation sites (tertiary alicyclic amines) is 1. The van der Waals surface area contributed by atoms with E-state index in [0.717, 1.165) is 19.5 Å². The molecule has 0 aliphatic carbocycles. The van der Waals surface area contributed by atoms with Crippen LogP contribution in [0, 0.1) is 5.92 Å². The second-order valence-electron chi connectivity index (χ2n) is 5.75. The Hall–Kier alpha value is -1.91. The summed E-state index contributed by atoms with van der Waals surface area (Å²) < 4.78 is 17.0. The Bertz CT molecular complexity index is 517. The van der Waals surface area contributed by atoms with Crippen molar-refractivity contribution in [2.24, 2.45) is 5.92 Å². The van der Waals surface area contributed by atoms with Crippen LogP contribution in [-0.4, -0.2) is 43.7 Å². The van der Waals surface area contributed by atoms with E-state index in [1.165, 1.54) is 0 Å². The minimum Gasteiger partial charge on any atom is -0.490 e. The fourth-order valence-corrected chi connectivity index (χ4v) is 2.81. The number of ether oxygens (including phenoxy) is 3. The van der Waals surface area contributed by atoms with E-state index in [-0.39, 0.29) is 5.91 Å². The van der Waals surface area contributed by atoms with Crippen LogP contribution in [0.1, 0.15) is 44.5 Å². The summed E-state index contributed by atoms with van der Waals surface area (Å²) in [7, 11) is 0. The molecule has 1 atom stereocenters. The molecule has 128 valence electrons. The maximum Gasteiger partial charge on any atom is 0.254 e. The van der Waals surface area contributed by atoms with E-state index in [4.69, 9.17) is 14.2 Å². The highest BCUT2D eigenvalue weighted by Gasteiger charge is 2.26. The van der Waals surface area contributed by atoms with Crippen LogP contribution in [0.3, 0.4) is 0 Å². The molecule has 1 amide bonds. The average Bonchev–Trinajstić information content (AvgIpc) is 2.96. The molecule has 5 heteroatoms.